The Morgan fingerprint density at radius 1 is 0.963 bits per heavy atom. The van der Waals surface area contributed by atoms with Crippen molar-refractivity contribution in [2.24, 2.45) is 0 Å². The summed E-state index contributed by atoms with van der Waals surface area (Å²) in [7, 11) is 0. The van der Waals surface area contributed by atoms with Gasteiger partial charge in [0.1, 0.15) is 5.75 Å². The van der Waals surface area contributed by atoms with Crippen molar-refractivity contribution in [1.82, 2.24) is 0 Å². The normalized spacial score (nSPS) is 10.3. The van der Waals surface area contributed by atoms with E-state index in [1.807, 2.05) is 6.07 Å². The number of carbonyl (C=O) groups excluding carboxylic acids is 2. The van der Waals surface area contributed by atoms with Gasteiger partial charge >= 0.3 is 0 Å². The van der Waals surface area contributed by atoms with Gasteiger partial charge in [0.25, 0.3) is 5.91 Å². The van der Waals surface area contributed by atoms with Crippen LogP contribution in [-0.4, -0.2) is 18.4 Å². The summed E-state index contributed by atoms with van der Waals surface area (Å²) in [5, 5.41) is 5.56. The Morgan fingerprint density at radius 3 is 2.26 bits per heavy atom. The molecule has 0 saturated heterocycles. The number of carbonyl (C=O) groups is 2. The zero-order valence-electron chi connectivity index (χ0n) is 15.7. The Hall–Kier alpha value is -2.34. The maximum absolute atomic E-state index is 12.7. The molecule has 27 heavy (non-hydrogen) atoms. The molecule has 2 amide bonds. The standard InChI is InChI=1S/C21H25BrN2O3/c1-3-4-5-6-13-27-20-12-7-16(22)14-19(20)21(26)24-18-10-8-17(9-11-18)23-15(2)25/h7-12,14H,3-6,13H2,1-2H3,(H,23,25)(H,24,26). The number of rotatable bonds is 9. The maximum Gasteiger partial charge on any atom is 0.259 e. The van der Waals surface area contributed by atoms with Gasteiger partial charge in [0.2, 0.25) is 5.91 Å². The number of ether oxygens (including phenoxy) is 1. The third kappa shape index (κ3) is 7.06. The molecule has 0 aromatic heterocycles. The Morgan fingerprint density at radius 2 is 1.63 bits per heavy atom. The molecule has 0 aliphatic carbocycles. The minimum Gasteiger partial charge on any atom is -0.493 e. The lowest BCUT2D eigenvalue weighted by molar-refractivity contribution is -0.114. The zero-order valence-corrected chi connectivity index (χ0v) is 17.3. The van der Waals surface area contributed by atoms with Crippen molar-refractivity contribution in [2.45, 2.75) is 39.5 Å². The second kappa shape index (κ2) is 10.7. The highest BCUT2D eigenvalue weighted by Gasteiger charge is 2.14. The average Bonchev–Trinajstić information content (AvgIpc) is 2.63. The van der Waals surface area contributed by atoms with E-state index in [1.54, 1.807) is 36.4 Å². The van der Waals surface area contributed by atoms with Crippen LogP contribution in [0, 0.1) is 0 Å². The van der Waals surface area contributed by atoms with Crippen LogP contribution in [-0.2, 0) is 4.79 Å². The highest BCUT2D eigenvalue weighted by Crippen LogP contribution is 2.25. The van der Waals surface area contributed by atoms with Crippen molar-refractivity contribution in [2.75, 3.05) is 17.2 Å². The zero-order chi connectivity index (χ0) is 19.6. The molecule has 0 unspecified atom stereocenters. The van der Waals surface area contributed by atoms with E-state index >= 15 is 0 Å². The summed E-state index contributed by atoms with van der Waals surface area (Å²) < 4.78 is 6.64. The van der Waals surface area contributed by atoms with Gasteiger partial charge < -0.3 is 15.4 Å². The van der Waals surface area contributed by atoms with Gasteiger partial charge in [-0.2, -0.15) is 0 Å². The van der Waals surface area contributed by atoms with E-state index in [0.29, 0.717) is 29.3 Å². The first-order chi connectivity index (χ1) is 13.0. The molecule has 0 atom stereocenters. The molecule has 6 heteroatoms. The summed E-state index contributed by atoms with van der Waals surface area (Å²) in [4.78, 5) is 23.8. The van der Waals surface area contributed by atoms with Gasteiger partial charge in [0.15, 0.2) is 0 Å². The Labute approximate surface area is 168 Å². The van der Waals surface area contributed by atoms with E-state index < -0.39 is 0 Å². The molecule has 144 valence electrons. The molecule has 2 rings (SSSR count). The summed E-state index contributed by atoms with van der Waals surface area (Å²) in [6, 6.07) is 12.4. The largest absolute Gasteiger partial charge is 0.493 e. The summed E-state index contributed by atoms with van der Waals surface area (Å²) in [5.41, 5.74) is 1.80. The van der Waals surface area contributed by atoms with Crippen molar-refractivity contribution in [3.63, 3.8) is 0 Å². The number of halogens is 1. The fourth-order valence-electron chi connectivity index (χ4n) is 2.56. The third-order valence-electron chi connectivity index (χ3n) is 3.90. The van der Waals surface area contributed by atoms with Crippen LogP contribution in [0.4, 0.5) is 11.4 Å². The molecule has 0 spiro atoms. The SMILES string of the molecule is CCCCCCOc1ccc(Br)cc1C(=O)Nc1ccc(NC(C)=O)cc1. The fraction of sp³-hybridized carbons (Fsp3) is 0.333. The lowest BCUT2D eigenvalue weighted by Gasteiger charge is -2.13. The minimum absolute atomic E-state index is 0.137. The molecule has 0 heterocycles. The molecule has 0 radical (unpaired) electrons. The van der Waals surface area contributed by atoms with Gasteiger partial charge in [-0.1, -0.05) is 42.1 Å². The second-order valence-corrected chi connectivity index (χ2v) is 7.18. The maximum atomic E-state index is 12.7. The molecule has 0 aliphatic heterocycles. The average molecular weight is 433 g/mol. The number of hydrogen-bond acceptors (Lipinski definition) is 3. The summed E-state index contributed by atoms with van der Waals surface area (Å²) >= 11 is 3.41. The fourth-order valence-corrected chi connectivity index (χ4v) is 2.92. The predicted molar refractivity (Wildman–Crippen MR) is 112 cm³/mol. The van der Waals surface area contributed by atoms with E-state index in [9.17, 15) is 9.59 Å². The monoisotopic (exact) mass is 432 g/mol. The number of unbranched alkanes of at least 4 members (excludes halogenated alkanes) is 3. The van der Waals surface area contributed by atoms with Gasteiger partial charge in [-0.25, -0.2) is 0 Å². The number of amides is 2. The van der Waals surface area contributed by atoms with E-state index in [-0.39, 0.29) is 11.8 Å². The predicted octanol–water partition coefficient (Wildman–Crippen LogP) is 5.62. The topological polar surface area (TPSA) is 67.4 Å². The smallest absolute Gasteiger partial charge is 0.259 e. The van der Waals surface area contributed by atoms with Crippen molar-refractivity contribution in [3.05, 3.63) is 52.5 Å². The van der Waals surface area contributed by atoms with Crippen LogP contribution < -0.4 is 15.4 Å². The van der Waals surface area contributed by atoms with E-state index in [2.05, 4.69) is 33.5 Å². The molecular formula is C21H25BrN2O3. The van der Waals surface area contributed by atoms with Gasteiger partial charge in [-0.05, 0) is 48.9 Å². The van der Waals surface area contributed by atoms with Crippen LogP contribution in [0.3, 0.4) is 0 Å². The van der Waals surface area contributed by atoms with Crippen molar-refractivity contribution >= 4 is 39.1 Å². The van der Waals surface area contributed by atoms with Gasteiger partial charge in [-0.15, -0.1) is 0 Å². The van der Waals surface area contributed by atoms with Gasteiger partial charge in [0, 0.05) is 22.8 Å². The van der Waals surface area contributed by atoms with Crippen molar-refractivity contribution in [3.8, 4) is 5.75 Å². The summed E-state index contributed by atoms with van der Waals surface area (Å²) in [5.74, 6) is 0.191. The van der Waals surface area contributed by atoms with Crippen molar-refractivity contribution < 1.29 is 14.3 Å². The van der Waals surface area contributed by atoms with Gasteiger partial charge in [0.05, 0.1) is 12.2 Å². The molecule has 2 N–H and O–H groups in total. The van der Waals surface area contributed by atoms with Crippen LogP contribution >= 0.6 is 15.9 Å². The van der Waals surface area contributed by atoms with Crippen LogP contribution in [0.5, 0.6) is 5.75 Å². The molecular weight excluding hydrogens is 408 g/mol. The van der Waals surface area contributed by atoms with Crippen LogP contribution in [0.1, 0.15) is 49.9 Å². The van der Waals surface area contributed by atoms with Crippen molar-refractivity contribution in [1.29, 1.82) is 0 Å². The number of benzene rings is 2. The first kappa shape index (κ1) is 21.0. The molecule has 0 aliphatic rings. The molecule has 0 saturated carbocycles. The Balaban J connectivity index is 2.03. The van der Waals surface area contributed by atoms with Crippen LogP contribution in [0.2, 0.25) is 0 Å². The molecule has 2 aromatic carbocycles. The molecule has 0 fully saturated rings. The number of nitrogens with one attached hydrogen (secondary N) is 2. The number of hydrogen-bond donors (Lipinski definition) is 2. The third-order valence-corrected chi connectivity index (χ3v) is 4.40. The van der Waals surface area contributed by atoms with Gasteiger partial charge in [-0.3, -0.25) is 9.59 Å². The second-order valence-electron chi connectivity index (χ2n) is 6.26. The quantitative estimate of drug-likeness (QED) is 0.505. The summed E-state index contributed by atoms with van der Waals surface area (Å²) in [6.07, 6.45) is 4.45. The molecule has 2 aromatic rings. The first-order valence-electron chi connectivity index (χ1n) is 9.11. The number of anilines is 2. The first-order valence-corrected chi connectivity index (χ1v) is 9.90. The van der Waals surface area contributed by atoms with E-state index in [0.717, 1.165) is 17.3 Å². The highest BCUT2D eigenvalue weighted by molar-refractivity contribution is 9.10. The minimum atomic E-state index is -0.243. The Bertz CT molecular complexity index is 775. The lowest BCUT2D eigenvalue weighted by atomic mass is 10.1. The van der Waals surface area contributed by atoms with E-state index in [1.165, 1.54) is 19.8 Å². The molecule has 5 nitrogen and oxygen atoms in total. The lowest BCUT2D eigenvalue weighted by Crippen LogP contribution is -2.14. The van der Waals surface area contributed by atoms with E-state index in [4.69, 9.17) is 4.74 Å². The summed E-state index contributed by atoms with van der Waals surface area (Å²) in [6.45, 7) is 4.21. The Kier molecular flexibility index (Phi) is 8.33. The highest BCUT2D eigenvalue weighted by atomic mass is 79.9. The van der Waals surface area contributed by atoms with Crippen LogP contribution in [0.25, 0.3) is 0 Å². The van der Waals surface area contributed by atoms with Crippen LogP contribution in [0.15, 0.2) is 46.9 Å². The molecule has 0 bridgehead atoms.